The summed E-state index contributed by atoms with van der Waals surface area (Å²) < 4.78 is 18.7. The minimum Gasteiger partial charge on any atom is -0.478 e. The summed E-state index contributed by atoms with van der Waals surface area (Å²) in [6.07, 6.45) is 4.28. The molecular formula is C15H18FNO3. The fourth-order valence-electron chi connectivity index (χ4n) is 2.41. The Morgan fingerprint density at radius 3 is 2.80 bits per heavy atom. The van der Waals surface area contributed by atoms with Gasteiger partial charge in [-0.05, 0) is 37.1 Å². The molecule has 20 heavy (non-hydrogen) atoms. The van der Waals surface area contributed by atoms with E-state index in [2.05, 4.69) is 4.90 Å². The molecule has 0 atom stereocenters. The number of anilines is 1. The second kappa shape index (κ2) is 6.52. The lowest BCUT2D eigenvalue weighted by molar-refractivity contribution is -0.131. The molecule has 2 rings (SSSR count). The summed E-state index contributed by atoms with van der Waals surface area (Å²) in [7, 11) is 1.95. The minimum atomic E-state index is -1.05. The molecule has 5 heteroatoms. The third-order valence-electron chi connectivity index (χ3n) is 3.51. The number of aliphatic carboxylic acids is 1. The average Bonchev–Trinajstić information content (AvgIpc) is 2.45. The van der Waals surface area contributed by atoms with E-state index < -0.39 is 5.97 Å². The first-order chi connectivity index (χ1) is 9.58. The summed E-state index contributed by atoms with van der Waals surface area (Å²) in [4.78, 5) is 12.7. The highest BCUT2D eigenvalue weighted by atomic mass is 19.1. The molecule has 1 heterocycles. The molecule has 0 unspecified atom stereocenters. The van der Waals surface area contributed by atoms with Gasteiger partial charge in [0.05, 0.1) is 0 Å². The molecule has 4 nitrogen and oxygen atoms in total. The van der Waals surface area contributed by atoms with Crippen LogP contribution in [-0.4, -0.2) is 37.4 Å². The van der Waals surface area contributed by atoms with Crippen LogP contribution in [0.25, 0.3) is 6.08 Å². The highest BCUT2D eigenvalue weighted by molar-refractivity contribution is 5.87. The number of hydrogen-bond donors (Lipinski definition) is 1. The van der Waals surface area contributed by atoms with Gasteiger partial charge in [-0.25, -0.2) is 9.18 Å². The zero-order valence-electron chi connectivity index (χ0n) is 11.4. The molecule has 0 amide bonds. The number of ether oxygens (including phenoxy) is 1. The molecule has 0 saturated carbocycles. The summed E-state index contributed by atoms with van der Waals surface area (Å²) in [5.74, 6) is -1.42. The zero-order chi connectivity index (χ0) is 14.5. The van der Waals surface area contributed by atoms with Gasteiger partial charge in [0.15, 0.2) is 0 Å². The Bertz CT molecular complexity index is 510. The van der Waals surface area contributed by atoms with Crippen LogP contribution in [0.3, 0.4) is 0 Å². The van der Waals surface area contributed by atoms with Gasteiger partial charge in [0.1, 0.15) is 5.82 Å². The van der Waals surface area contributed by atoms with Gasteiger partial charge in [0.25, 0.3) is 0 Å². The Morgan fingerprint density at radius 1 is 1.45 bits per heavy atom. The topological polar surface area (TPSA) is 49.8 Å². The number of carbonyl (C=O) groups is 1. The van der Waals surface area contributed by atoms with E-state index in [0.29, 0.717) is 11.6 Å². The van der Waals surface area contributed by atoms with Crippen LogP contribution in [-0.2, 0) is 9.53 Å². The summed E-state index contributed by atoms with van der Waals surface area (Å²) in [5.41, 5.74) is 1.40. The largest absolute Gasteiger partial charge is 0.478 e. The van der Waals surface area contributed by atoms with Gasteiger partial charge in [0.2, 0.25) is 0 Å². The van der Waals surface area contributed by atoms with Gasteiger partial charge in [-0.2, -0.15) is 0 Å². The van der Waals surface area contributed by atoms with E-state index in [1.165, 1.54) is 18.2 Å². The van der Waals surface area contributed by atoms with Crippen molar-refractivity contribution in [2.45, 2.75) is 18.9 Å². The van der Waals surface area contributed by atoms with Crippen LogP contribution in [0, 0.1) is 5.82 Å². The van der Waals surface area contributed by atoms with Crippen molar-refractivity contribution in [2.24, 2.45) is 0 Å². The zero-order valence-corrected chi connectivity index (χ0v) is 11.4. The summed E-state index contributed by atoms with van der Waals surface area (Å²) in [6, 6.07) is 4.76. The summed E-state index contributed by atoms with van der Waals surface area (Å²) >= 11 is 0. The van der Waals surface area contributed by atoms with Crippen molar-refractivity contribution >= 4 is 17.7 Å². The number of benzene rings is 1. The van der Waals surface area contributed by atoms with E-state index in [9.17, 15) is 9.18 Å². The predicted octanol–water partition coefficient (Wildman–Crippen LogP) is 2.54. The fourth-order valence-corrected chi connectivity index (χ4v) is 2.41. The van der Waals surface area contributed by atoms with Crippen LogP contribution in [0.5, 0.6) is 0 Å². The van der Waals surface area contributed by atoms with Crippen LogP contribution in [0.4, 0.5) is 10.1 Å². The number of carboxylic acids is 1. The van der Waals surface area contributed by atoms with E-state index in [-0.39, 0.29) is 5.82 Å². The van der Waals surface area contributed by atoms with E-state index in [1.807, 2.05) is 7.05 Å². The van der Waals surface area contributed by atoms with Gasteiger partial charge < -0.3 is 14.7 Å². The fraction of sp³-hybridized carbons (Fsp3) is 0.400. The highest BCUT2D eigenvalue weighted by Crippen LogP contribution is 2.26. The molecule has 1 aliphatic rings. The Balaban J connectivity index is 2.27. The lowest BCUT2D eigenvalue weighted by Crippen LogP contribution is -2.37. The quantitative estimate of drug-likeness (QED) is 0.860. The molecule has 1 saturated heterocycles. The van der Waals surface area contributed by atoms with Crippen LogP contribution >= 0.6 is 0 Å². The first-order valence-electron chi connectivity index (χ1n) is 6.59. The molecule has 0 radical (unpaired) electrons. The smallest absolute Gasteiger partial charge is 0.328 e. The van der Waals surface area contributed by atoms with Gasteiger partial charge in [-0.3, -0.25) is 0 Å². The summed E-state index contributed by atoms with van der Waals surface area (Å²) in [6.45, 7) is 1.44. The van der Waals surface area contributed by atoms with E-state index >= 15 is 0 Å². The highest BCUT2D eigenvalue weighted by Gasteiger charge is 2.20. The molecule has 0 aromatic heterocycles. The SMILES string of the molecule is CN(c1ccc(F)cc1/C=C/C(=O)O)C1CCOCC1. The van der Waals surface area contributed by atoms with Gasteiger partial charge in [0, 0.05) is 43.6 Å². The van der Waals surface area contributed by atoms with Crippen LogP contribution in [0.1, 0.15) is 18.4 Å². The molecular weight excluding hydrogens is 261 g/mol. The molecule has 1 fully saturated rings. The Labute approximate surface area is 117 Å². The second-order valence-electron chi connectivity index (χ2n) is 4.83. The Kier molecular flexibility index (Phi) is 4.74. The van der Waals surface area contributed by atoms with E-state index in [0.717, 1.165) is 37.8 Å². The number of halogens is 1. The maximum Gasteiger partial charge on any atom is 0.328 e. The predicted molar refractivity (Wildman–Crippen MR) is 75.3 cm³/mol. The number of hydrogen-bond acceptors (Lipinski definition) is 3. The molecule has 0 spiro atoms. The lowest BCUT2D eigenvalue weighted by Gasteiger charge is -2.33. The Morgan fingerprint density at radius 2 is 2.15 bits per heavy atom. The van der Waals surface area contributed by atoms with Crippen LogP contribution in [0.15, 0.2) is 24.3 Å². The number of carboxylic acid groups (broad SMARTS) is 1. The first kappa shape index (κ1) is 14.5. The summed E-state index contributed by atoms with van der Waals surface area (Å²) in [5, 5.41) is 8.71. The van der Waals surface area contributed by atoms with Gasteiger partial charge in [-0.1, -0.05) is 0 Å². The lowest BCUT2D eigenvalue weighted by atomic mass is 10.0. The van der Waals surface area contributed by atoms with Gasteiger partial charge in [-0.15, -0.1) is 0 Å². The standard InChI is InChI=1S/C15H18FNO3/c1-17(13-6-8-20-9-7-13)14-4-3-12(16)10-11(14)2-5-15(18)19/h2-5,10,13H,6-9H2,1H3,(H,18,19)/b5-2+. The molecule has 1 aromatic carbocycles. The molecule has 1 aliphatic heterocycles. The van der Waals surface area contributed by atoms with E-state index in [1.54, 1.807) is 6.07 Å². The third-order valence-corrected chi connectivity index (χ3v) is 3.51. The molecule has 0 aliphatic carbocycles. The van der Waals surface area contributed by atoms with Gasteiger partial charge >= 0.3 is 5.97 Å². The third kappa shape index (κ3) is 3.57. The van der Waals surface area contributed by atoms with Crippen molar-refractivity contribution in [3.8, 4) is 0 Å². The molecule has 1 aromatic rings. The van der Waals surface area contributed by atoms with Crippen molar-refractivity contribution in [1.82, 2.24) is 0 Å². The second-order valence-corrected chi connectivity index (χ2v) is 4.83. The van der Waals surface area contributed by atoms with Crippen molar-refractivity contribution in [2.75, 3.05) is 25.2 Å². The monoisotopic (exact) mass is 279 g/mol. The van der Waals surface area contributed by atoms with Crippen molar-refractivity contribution < 1.29 is 19.0 Å². The van der Waals surface area contributed by atoms with Crippen LogP contribution < -0.4 is 4.90 Å². The Hall–Kier alpha value is -1.88. The van der Waals surface area contributed by atoms with Crippen molar-refractivity contribution in [3.05, 3.63) is 35.7 Å². The van der Waals surface area contributed by atoms with Crippen molar-refractivity contribution in [3.63, 3.8) is 0 Å². The minimum absolute atomic E-state index is 0.325. The maximum atomic E-state index is 13.4. The number of rotatable bonds is 4. The molecule has 108 valence electrons. The maximum absolute atomic E-state index is 13.4. The average molecular weight is 279 g/mol. The molecule has 0 bridgehead atoms. The first-order valence-corrected chi connectivity index (χ1v) is 6.59. The van der Waals surface area contributed by atoms with Crippen LogP contribution in [0.2, 0.25) is 0 Å². The van der Waals surface area contributed by atoms with E-state index in [4.69, 9.17) is 9.84 Å². The normalized spacial score (nSPS) is 16.5. The molecule has 1 N–H and O–H groups in total. The number of nitrogens with zero attached hydrogens (tertiary/aromatic N) is 1. The van der Waals surface area contributed by atoms with Crippen molar-refractivity contribution in [1.29, 1.82) is 0 Å².